The molecule has 8 heteroatoms. The number of allylic oxidation sites excluding steroid dienone is 12. The second-order valence-electron chi connectivity index (χ2n) is 14.5. The van der Waals surface area contributed by atoms with Gasteiger partial charge in [-0.3, -0.25) is 9.59 Å². The molecule has 0 amide bonds. The van der Waals surface area contributed by atoms with Crippen LogP contribution in [0.15, 0.2) is 72.9 Å². The van der Waals surface area contributed by atoms with Crippen LogP contribution in [0.5, 0.6) is 0 Å². The van der Waals surface area contributed by atoms with Gasteiger partial charge in [-0.15, -0.1) is 0 Å². The van der Waals surface area contributed by atoms with Crippen molar-refractivity contribution in [3.63, 3.8) is 0 Å². The zero-order valence-electron chi connectivity index (χ0n) is 34.2. The predicted molar refractivity (Wildman–Crippen MR) is 217 cm³/mol. The van der Waals surface area contributed by atoms with Crippen molar-refractivity contribution in [1.29, 1.82) is 0 Å². The highest BCUT2D eigenvalue weighted by molar-refractivity contribution is 5.70. The lowest BCUT2D eigenvalue weighted by molar-refractivity contribution is -0.889. The highest BCUT2D eigenvalue weighted by Crippen LogP contribution is 2.10. The van der Waals surface area contributed by atoms with E-state index in [9.17, 15) is 19.5 Å². The minimum Gasteiger partial charge on any atom is -0.544 e. The normalized spacial score (nSPS) is 13.8. The smallest absolute Gasteiger partial charge is 0.306 e. The van der Waals surface area contributed by atoms with Crippen molar-refractivity contribution in [2.45, 2.75) is 154 Å². The van der Waals surface area contributed by atoms with Crippen LogP contribution in [0.2, 0.25) is 0 Å². The summed E-state index contributed by atoms with van der Waals surface area (Å²) in [6.07, 6.45) is 43.8. The molecule has 0 bridgehead atoms. The number of nitrogens with zero attached hydrogens (tertiary/aromatic N) is 1. The molecule has 53 heavy (non-hydrogen) atoms. The van der Waals surface area contributed by atoms with Gasteiger partial charge in [-0.05, 0) is 77.0 Å². The van der Waals surface area contributed by atoms with Crippen LogP contribution in [0.1, 0.15) is 142 Å². The Kier molecular flexibility index (Phi) is 33.6. The molecule has 0 aromatic carbocycles. The summed E-state index contributed by atoms with van der Waals surface area (Å²) in [6, 6.07) is -0.740. The zero-order chi connectivity index (χ0) is 39.3. The van der Waals surface area contributed by atoms with Crippen molar-refractivity contribution < 1.29 is 38.2 Å². The molecule has 0 spiro atoms. The van der Waals surface area contributed by atoms with Crippen LogP contribution >= 0.6 is 0 Å². The molecule has 0 saturated heterocycles. The Morgan fingerprint density at radius 2 is 1.04 bits per heavy atom. The Morgan fingerprint density at radius 3 is 1.57 bits per heavy atom. The van der Waals surface area contributed by atoms with Crippen LogP contribution in [0.3, 0.4) is 0 Å². The van der Waals surface area contributed by atoms with E-state index in [0.29, 0.717) is 12.8 Å². The quantitative estimate of drug-likeness (QED) is 0.0276. The third-order valence-electron chi connectivity index (χ3n) is 8.58. The van der Waals surface area contributed by atoms with Gasteiger partial charge >= 0.3 is 11.9 Å². The van der Waals surface area contributed by atoms with E-state index >= 15 is 0 Å². The molecule has 302 valence electrons. The Labute approximate surface area is 323 Å². The molecule has 0 rings (SSSR count). The number of hydrogen-bond donors (Lipinski definition) is 0. The van der Waals surface area contributed by atoms with Gasteiger partial charge in [-0.1, -0.05) is 119 Å². The number of carbonyl (C=O) groups excluding carboxylic acids is 3. The van der Waals surface area contributed by atoms with Crippen molar-refractivity contribution in [3.8, 4) is 0 Å². The van der Waals surface area contributed by atoms with Gasteiger partial charge in [-0.25, -0.2) is 0 Å². The first kappa shape index (κ1) is 49.8. The van der Waals surface area contributed by atoms with Gasteiger partial charge < -0.3 is 28.6 Å². The van der Waals surface area contributed by atoms with Crippen molar-refractivity contribution in [2.75, 3.05) is 41.0 Å². The molecule has 2 atom stereocenters. The Morgan fingerprint density at radius 1 is 0.566 bits per heavy atom. The maximum atomic E-state index is 12.6. The molecular formula is C45H75NO7. The van der Waals surface area contributed by atoms with Crippen molar-refractivity contribution in [1.82, 2.24) is 0 Å². The van der Waals surface area contributed by atoms with Gasteiger partial charge in [0.2, 0.25) is 0 Å². The number of carbonyl (C=O) groups is 3. The fraction of sp³-hybridized carbons (Fsp3) is 0.667. The number of ether oxygens (including phenoxy) is 3. The number of quaternary nitrogens is 1. The number of aliphatic carboxylic acids is 1. The SMILES string of the molecule is CCCCC/C=C/C/C=C/C/C=C/C/C=C/C/C=C/CCCCC(=O)OC(COCCC(C(=O)[O-])[N+](C)(C)C)COC(=O)CC/C=C/CCCCCC. The lowest BCUT2D eigenvalue weighted by Gasteiger charge is -2.34. The average molecular weight is 742 g/mol. The standard InChI is InChI=1S/C45H75NO7/c1-6-8-10-12-14-16-17-18-19-20-21-22-23-24-25-26-27-28-30-32-34-36-44(48)53-41(39-51-38-37-42(45(49)50)46(3,4)5)40-52-43(47)35-33-31-29-15-13-11-9-7-2/h14,16,18-19,21-22,24-25,27-29,31,41-42H,6-13,15,17,20,23,26,30,32-40H2,1-5H3/b16-14+,19-18+,22-21+,25-24+,28-27+,31-29+. The topological polar surface area (TPSA) is 102 Å². The molecule has 0 radical (unpaired) electrons. The number of hydrogen-bond acceptors (Lipinski definition) is 7. The van der Waals surface area contributed by atoms with Crippen LogP contribution in [-0.2, 0) is 28.6 Å². The summed E-state index contributed by atoms with van der Waals surface area (Å²) in [6.45, 7) is 4.47. The second kappa shape index (κ2) is 35.8. The minimum atomic E-state index is -1.14. The average Bonchev–Trinajstić information content (AvgIpc) is 3.11. The molecule has 0 heterocycles. The largest absolute Gasteiger partial charge is 0.544 e. The predicted octanol–water partition coefficient (Wildman–Crippen LogP) is 9.46. The van der Waals surface area contributed by atoms with Crippen molar-refractivity contribution >= 4 is 17.9 Å². The number of rotatable bonds is 35. The summed E-state index contributed by atoms with van der Waals surface area (Å²) in [7, 11) is 5.36. The first-order valence-electron chi connectivity index (χ1n) is 20.5. The molecule has 2 unspecified atom stereocenters. The minimum absolute atomic E-state index is 0.00775. The number of carboxylic acid groups (broad SMARTS) is 1. The van der Waals surface area contributed by atoms with E-state index in [4.69, 9.17) is 14.2 Å². The molecule has 0 saturated carbocycles. The third kappa shape index (κ3) is 34.3. The molecular weight excluding hydrogens is 666 g/mol. The fourth-order valence-electron chi connectivity index (χ4n) is 5.34. The van der Waals surface area contributed by atoms with Crippen LogP contribution in [0, 0.1) is 0 Å². The summed E-state index contributed by atoms with van der Waals surface area (Å²) in [5.41, 5.74) is 0. The molecule has 0 aliphatic heterocycles. The molecule has 0 fully saturated rings. The van der Waals surface area contributed by atoms with E-state index < -0.39 is 18.1 Å². The maximum absolute atomic E-state index is 12.6. The van der Waals surface area contributed by atoms with E-state index in [1.165, 1.54) is 44.9 Å². The molecule has 0 aliphatic carbocycles. The lowest BCUT2D eigenvalue weighted by Crippen LogP contribution is -2.55. The van der Waals surface area contributed by atoms with Gasteiger partial charge in [0, 0.05) is 19.3 Å². The number of unbranched alkanes of at least 4 members (excludes halogenated alkanes) is 9. The summed E-state index contributed by atoms with van der Waals surface area (Å²) >= 11 is 0. The summed E-state index contributed by atoms with van der Waals surface area (Å²) in [4.78, 5) is 36.6. The van der Waals surface area contributed by atoms with E-state index in [0.717, 1.165) is 51.4 Å². The number of carboxylic acids is 1. The van der Waals surface area contributed by atoms with E-state index in [1.807, 2.05) is 6.08 Å². The molecule has 8 nitrogen and oxygen atoms in total. The fourth-order valence-corrected chi connectivity index (χ4v) is 5.34. The second-order valence-corrected chi connectivity index (χ2v) is 14.5. The monoisotopic (exact) mass is 742 g/mol. The van der Waals surface area contributed by atoms with Gasteiger partial charge in [0.25, 0.3) is 0 Å². The molecule has 0 aliphatic rings. The first-order valence-corrected chi connectivity index (χ1v) is 20.5. The third-order valence-corrected chi connectivity index (χ3v) is 8.58. The highest BCUT2D eigenvalue weighted by atomic mass is 16.6. The Balaban J connectivity index is 4.45. The Bertz CT molecular complexity index is 1100. The van der Waals surface area contributed by atoms with Crippen LogP contribution in [-0.4, -0.2) is 75.5 Å². The lowest BCUT2D eigenvalue weighted by atomic mass is 10.1. The molecule has 0 aromatic heterocycles. The summed E-state index contributed by atoms with van der Waals surface area (Å²) in [5.74, 6) is -1.87. The van der Waals surface area contributed by atoms with Gasteiger partial charge in [0.1, 0.15) is 12.6 Å². The van der Waals surface area contributed by atoms with E-state index in [1.54, 1.807) is 21.1 Å². The van der Waals surface area contributed by atoms with Crippen molar-refractivity contribution in [2.24, 2.45) is 0 Å². The van der Waals surface area contributed by atoms with E-state index in [2.05, 4.69) is 80.7 Å². The number of esters is 2. The number of likely N-dealkylation sites (N-methyl/N-ethyl adjacent to an activating group) is 1. The summed E-state index contributed by atoms with van der Waals surface area (Å²) in [5, 5.41) is 11.6. The maximum Gasteiger partial charge on any atom is 0.306 e. The molecule has 0 aromatic rings. The van der Waals surface area contributed by atoms with Crippen LogP contribution in [0.4, 0.5) is 0 Å². The zero-order valence-corrected chi connectivity index (χ0v) is 34.2. The van der Waals surface area contributed by atoms with Gasteiger partial charge in [0.05, 0.1) is 40.3 Å². The molecule has 0 N–H and O–H groups in total. The van der Waals surface area contributed by atoms with Gasteiger partial charge in [-0.2, -0.15) is 0 Å². The summed E-state index contributed by atoms with van der Waals surface area (Å²) < 4.78 is 17.0. The van der Waals surface area contributed by atoms with E-state index in [-0.39, 0.29) is 55.5 Å². The van der Waals surface area contributed by atoms with Crippen molar-refractivity contribution in [3.05, 3.63) is 72.9 Å². The first-order chi connectivity index (χ1) is 25.6. The van der Waals surface area contributed by atoms with Crippen LogP contribution in [0.25, 0.3) is 0 Å². The highest BCUT2D eigenvalue weighted by Gasteiger charge is 2.25. The van der Waals surface area contributed by atoms with Crippen LogP contribution < -0.4 is 5.11 Å². The Hall–Kier alpha value is -3.23. The van der Waals surface area contributed by atoms with Gasteiger partial charge in [0.15, 0.2) is 6.10 Å².